The Balaban J connectivity index is 2.16. The third-order valence-corrected chi connectivity index (χ3v) is 2.43. The fourth-order valence-corrected chi connectivity index (χ4v) is 1.43. The minimum absolute atomic E-state index is 0.00479. The second-order valence-electron chi connectivity index (χ2n) is 3.88. The summed E-state index contributed by atoms with van der Waals surface area (Å²) in [6, 6.07) is 7.44. The van der Waals surface area contributed by atoms with Crippen LogP contribution in [0.4, 0.5) is 15.8 Å². The summed E-state index contributed by atoms with van der Waals surface area (Å²) in [5, 5.41) is 2.62. The summed E-state index contributed by atoms with van der Waals surface area (Å²) in [6.45, 7) is 1.84. The number of aromatic nitrogens is 1. The summed E-state index contributed by atoms with van der Waals surface area (Å²) in [6.07, 6.45) is 1.48. The molecule has 0 bridgehead atoms. The van der Waals surface area contributed by atoms with E-state index in [9.17, 15) is 9.18 Å². The van der Waals surface area contributed by atoms with E-state index in [0.717, 1.165) is 5.69 Å². The lowest BCUT2D eigenvalue weighted by molar-refractivity contribution is 0.102. The number of halogens is 1. The van der Waals surface area contributed by atoms with Gasteiger partial charge in [-0.15, -0.1) is 0 Å². The van der Waals surface area contributed by atoms with Gasteiger partial charge in [-0.1, -0.05) is 0 Å². The average Bonchev–Trinajstić information content (AvgIpc) is 2.34. The van der Waals surface area contributed by atoms with Crippen LogP contribution in [0.15, 0.2) is 36.5 Å². The van der Waals surface area contributed by atoms with Gasteiger partial charge in [0.25, 0.3) is 5.91 Å². The molecule has 1 aromatic carbocycles. The molecule has 0 aliphatic heterocycles. The Bertz CT molecular complexity index is 581. The highest BCUT2D eigenvalue weighted by molar-refractivity contribution is 6.04. The number of nitrogens with one attached hydrogen (secondary N) is 1. The molecular weight excluding hydrogens is 233 g/mol. The highest BCUT2D eigenvalue weighted by Crippen LogP contribution is 2.17. The summed E-state index contributed by atoms with van der Waals surface area (Å²) in [5.74, 6) is -0.821. The highest BCUT2D eigenvalue weighted by Gasteiger charge is 2.07. The number of pyridine rings is 1. The molecule has 0 atom stereocenters. The summed E-state index contributed by atoms with van der Waals surface area (Å²) in [7, 11) is 0. The van der Waals surface area contributed by atoms with Crippen LogP contribution in [0.2, 0.25) is 0 Å². The van der Waals surface area contributed by atoms with Gasteiger partial charge >= 0.3 is 0 Å². The van der Waals surface area contributed by atoms with Gasteiger partial charge in [0, 0.05) is 17.6 Å². The maximum absolute atomic E-state index is 13.0. The van der Waals surface area contributed by atoms with Crippen LogP contribution >= 0.6 is 0 Å². The predicted octanol–water partition coefficient (Wildman–Crippen LogP) is 2.36. The number of hydrogen-bond donors (Lipinski definition) is 2. The van der Waals surface area contributed by atoms with Crippen LogP contribution in [-0.4, -0.2) is 10.9 Å². The van der Waals surface area contributed by atoms with Crippen molar-refractivity contribution in [3.8, 4) is 0 Å². The van der Waals surface area contributed by atoms with Crippen LogP contribution in [0.1, 0.15) is 16.1 Å². The van der Waals surface area contributed by atoms with E-state index < -0.39 is 5.82 Å². The third-order valence-electron chi connectivity index (χ3n) is 2.43. The minimum Gasteiger partial charge on any atom is -0.396 e. The Hall–Kier alpha value is -2.43. The molecule has 3 N–H and O–H groups in total. The Labute approximate surface area is 104 Å². The normalized spacial score (nSPS) is 10.1. The summed E-state index contributed by atoms with van der Waals surface area (Å²) in [4.78, 5) is 15.9. The van der Waals surface area contributed by atoms with Gasteiger partial charge in [-0.05, 0) is 37.3 Å². The van der Waals surface area contributed by atoms with Gasteiger partial charge in [0.1, 0.15) is 5.82 Å². The first kappa shape index (κ1) is 12.0. The number of nitrogen functional groups attached to an aromatic ring is 1. The molecule has 1 aromatic heterocycles. The Morgan fingerprint density at radius 1 is 1.33 bits per heavy atom. The van der Waals surface area contributed by atoms with Crippen LogP contribution in [0, 0.1) is 12.7 Å². The van der Waals surface area contributed by atoms with Gasteiger partial charge in [0.2, 0.25) is 0 Å². The van der Waals surface area contributed by atoms with Crippen LogP contribution in [0.5, 0.6) is 0 Å². The molecular formula is C13H12FN3O. The number of carbonyl (C=O) groups excluding carboxylic acids is 1. The maximum Gasteiger partial charge on any atom is 0.257 e. The molecule has 92 valence electrons. The molecule has 0 saturated carbocycles. The molecule has 0 fully saturated rings. The summed E-state index contributed by atoms with van der Waals surface area (Å²) in [5.41, 5.74) is 7.12. The van der Waals surface area contributed by atoms with Crippen molar-refractivity contribution in [2.45, 2.75) is 6.92 Å². The minimum atomic E-state index is -0.509. The summed E-state index contributed by atoms with van der Waals surface area (Å²) < 4.78 is 13.0. The zero-order chi connectivity index (χ0) is 13.1. The number of anilines is 2. The van der Waals surface area contributed by atoms with Crippen molar-refractivity contribution in [3.05, 3.63) is 53.6 Å². The molecule has 4 nitrogen and oxygen atoms in total. The van der Waals surface area contributed by atoms with Gasteiger partial charge in [0.05, 0.1) is 11.3 Å². The lowest BCUT2D eigenvalue weighted by Gasteiger charge is -2.06. The number of nitrogens with two attached hydrogens (primary N) is 1. The van der Waals surface area contributed by atoms with Gasteiger partial charge in [-0.25, -0.2) is 4.39 Å². The van der Waals surface area contributed by atoms with Crippen molar-refractivity contribution < 1.29 is 9.18 Å². The second-order valence-corrected chi connectivity index (χ2v) is 3.88. The van der Waals surface area contributed by atoms with Crippen molar-refractivity contribution in [1.82, 2.24) is 4.98 Å². The van der Waals surface area contributed by atoms with Crippen molar-refractivity contribution in [3.63, 3.8) is 0 Å². The molecule has 2 aromatic rings. The van der Waals surface area contributed by atoms with Crippen molar-refractivity contribution in [1.29, 1.82) is 0 Å². The summed E-state index contributed by atoms with van der Waals surface area (Å²) >= 11 is 0. The number of hydrogen-bond acceptors (Lipinski definition) is 3. The number of amides is 1. The largest absolute Gasteiger partial charge is 0.396 e. The maximum atomic E-state index is 13.0. The average molecular weight is 245 g/mol. The zero-order valence-electron chi connectivity index (χ0n) is 9.77. The number of carbonyl (C=O) groups is 1. The van der Waals surface area contributed by atoms with E-state index >= 15 is 0 Å². The predicted molar refractivity (Wildman–Crippen MR) is 67.7 cm³/mol. The van der Waals surface area contributed by atoms with E-state index in [1.807, 2.05) is 6.92 Å². The molecule has 5 heteroatoms. The number of benzene rings is 1. The van der Waals surface area contributed by atoms with Crippen LogP contribution < -0.4 is 11.1 Å². The molecule has 18 heavy (non-hydrogen) atoms. The second kappa shape index (κ2) is 4.83. The van der Waals surface area contributed by atoms with E-state index in [0.29, 0.717) is 11.3 Å². The molecule has 0 spiro atoms. The third kappa shape index (κ3) is 2.63. The monoisotopic (exact) mass is 245 g/mol. The Morgan fingerprint density at radius 2 is 2.11 bits per heavy atom. The topological polar surface area (TPSA) is 68.0 Å². The number of nitrogens with zero attached hydrogens (tertiary/aromatic N) is 1. The zero-order valence-corrected chi connectivity index (χ0v) is 9.77. The lowest BCUT2D eigenvalue weighted by atomic mass is 10.2. The first-order chi connectivity index (χ1) is 8.56. The molecule has 0 saturated heterocycles. The first-order valence-corrected chi connectivity index (χ1v) is 5.35. The molecule has 2 rings (SSSR count). The van der Waals surface area contributed by atoms with Crippen molar-refractivity contribution in [2.24, 2.45) is 0 Å². The number of rotatable bonds is 2. The van der Waals surface area contributed by atoms with E-state index in [4.69, 9.17) is 5.73 Å². The van der Waals surface area contributed by atoms with Crippen LogP contribution in [-0.2, 0) is 0 Å². The molecule has 0 radical (unpaired) electrons. The van der Waals surface area contributed by atoms with Gasteiger partial charge in [-0.2, -0.15) is 0 Å². The van der Waals surface area contributed by atoms with E-state index in [-0.39, 0.29) is 11.6 Å². The van der Waals surface area contributed by atoms with Crippen molar-refractivity contribution >= 4 is 17.3 Å². The van der Waals surface area contributed by atoms with Gasteiger partial charge in [0.15, 0.2) is 0 Å². The lowest BCUT2D eigenvalue weighted by Crippen LogP contribution is -2.12. The molecule has 0 aliphatic rings. The number of aryl methyl sites for hydroxylation is 1. The fourth-order valence-electron chi connectivity index (χ4n) is 1.43. The van der Waals surface area contributed by atoms with E-state index in [1.54, 1.807) is 12.1 Å². The van der Waals surface area contributed by atoms with Gasteiger partial charge in [-0.3, -0.25) is 9.78 Å². The SMILES string of the molecule is Cc1ccc(C(=O)Nc2ccc(F)c(N)c2)cn1. The first-order valence-electron chi connectivity index (χ1n) is 5.35. The van der Waals surface area contributed by atoms with E-state index in [2.05, 4.69) is 10.3 Å². The molecule has 1 amide bonds. The quantitative estimate of drug-likeness (QED) is 0.798. The Morgan fingerprint density at radius 3 is 2.72 bits per heavy atom. The fraction of sp³-hybridized carbons (Fsp3) is 0.0769. The standard InChI is InChI=1S/C13H12FN3O/c1-8-2-3-9(7-16-8)13(18)17-10-4-5-11(14)12(15)6-10/h2-7H,15H2,1H3,(H,17,18). The van der Waals surface area contributed by atoms with Gasteiger partial charge < -0.3 is 11.1 Å². The molecule has 0 aliphatic carbocycles. The van der Waals surface area contributed by atoms with Crippen molar-refractivity contribution in [2.75, 3.05) is 11.1 Å². The van der Waals surface area contributed by atoms with Crippen LogP contribution in [0.25, 0.3) is 0 Å². The molecule has 0 unspecified atom stereocenters. The Kier molecular flexibility index (Phi) is 3.23. The van der Waals surface area contributed by atoms with Crippen LogP contribution in [0.3, 0.4) is 0 Å². The smallest absolute Gasteiger partial charge is 0.257 e. The molecule has 1 heterocycles. The highest BCUT2D eigenvalue weighted by atomic mass is 19.1. The van der Waals surface area contributed by atoms with E-state index in [1.165, 1.54) is 24.4 Å².